The number of carbonyl (C=O) groups is 1. The van der Waals surface area contributed by atoms with Gasteiger partial charge in [0.05, 0.1) is 11.3 Å². The van der Waals surface area contributed by atoms with E-state index in [1.165, 1.54) is 7.11 Å². The molecule has 0 spiro atoms. The van der Waals surface area contributed by atoms with E-state index in [4.69, 9.17) is 9.15 Å². The lowest BCUT2D eigenvalue weighted by Crippen LogP contribution is -2.17. The van der Waals surface area contributed by atoms with Crippen molar-refractivity contribution in [2.24, 2.45) is 0 Å². The molecule has 2 aromatic carbocycles. The second kappa shape index (κ2) is 6.22. The van der Waals surface area contributed by atoms with Crippen molar-refractivity contribution in [1.82, 2.24) is 4.98 Å². The Balaban J connectivity index is 2.10. The van der Waals surface area contributed by atoms with Crippen LogP contribution in [0, 0.1) is 13.8 Å². The summed E-state index contributed by atoms with van der Waals surface area (Å²) in [7, 11) is 1.49. The van der Waals surface area contributed by atoms with Gasteiger partial charge in [0.2, 0.25) is 11.8 Å². The molecule has 0 saturated heterocycles. The average molecular weight is 310 g/mol. The average Bonchev–Trinajstić information content (AvgIpc) is 2.92. The predicted octanol–water partition coefficient (Wildman–Crippen LogP) is 3.70. The smallest absolute Gasteiger partial charge is 0.250 e. The van der Waals surface area contributed by atoms with Gasteiger partial charge in [0.25, 0.3) is 0 Å². The van der Waals surface area contributed by atoms with Crippen LogP contribution in [0.2, 0.25) is 0 Å². The number of rotatable bonds is 4. The third-order valence-electron chi connectivity index (χ3n) is 3.66. The summed E-state index contributed by atoms with van der Waals surface area (Å²) < 4.78 is 10.8. The number of para-hydroxylation sites is 1. The summed E-state index contributed by atoms with van der Waals surface area (Å²) >= 11 is 0. The van der Waals surface area contributed by atoms with E-state index in [0.717, 1.165) is 27.8 Å². The minimum Gasteiger partial charge on any atom is -0.436 e. The molecular formula is C18H18N2O3. The van der Waals surface area contributed by atoms with E-state index in [0.29, 0.717) is 11.6 Å². The summed E-state index contributed by atoms with van der Waals surface area (Å²) in [4.78, 5) is 16.5. The summed E-state index contributed by atoms with van der Waals surface area (Å²) in [6, 6.07) is 11.5. The summed E-state index contributed by atoms with van der Waals surface area (Å²) in [5.74, 6) is 0.284. The molecule has 0 aliphatic carbocycles. The molecule has 0 unspecified atom stereocenters. The number of aromatic nitrogens is 1. The normalized spacial score (nSPS) is 10.9. The number of aryl methyl sites for hydroxylation is 2. The summed E-state index contributed by atoms with van der Waals surface area (Å²) in [6.07, 6.45) is 0. The zero-order valence-electron chi connectivity index (χ0n) is 13.3. The van der Waals surface area contributed by atoms with Crippen LogP contribution in [-0.2, 0) is 9.53 Å². The van der Waals surface area contributed by atoms with Gasteiger partial charge in [-0.2, -0.15) is 0 Å². The Kier molecular flexibility index (Phi) is 4.12. The third-order valence-corrected chi connectivity index (χ3v) is 3.66. The number of hydrogen-bond donors (Lipinski definition) is 1. The number of methoxy groups -OCH3 is 1. The van der Waals surface area contributed by atoms with Crippen LogP contribution in [0.4, 0.5) is 5.69 Å². The molecule has 0 fully saturated rings. The van der Waals surface area contributed by atoms with E-state index in [9.17, 15) is 4.79 Å². The van der Waals surface area contributed by atoms with Gasteiger partial charge in [0.15, 0.2) is 5.58 Å². The van der Waals surface area contributed by atoms with Crippen LogP contribution >= 0.6 is 0 Å². The number of anilines is 1. The molecule has 1 aromatic heterocycles. The topological polar surface area (TPSA) is 64.4 Å². The summed E-state index contributed by atoms with van der Waals surface area (Å²) in [5.41, 5.74) is 5.04. The number of fused-ring (bicyclic) bond motifs is 1. The summed E-state index contributed by atoms with van der Waals surface area (Å²) in [5, 5.41) is 2.85. The van der Waals surface area contributed by atoms with Crippen molar-refractivity contribution < 1.29 is 13.9 Å². The number of benzene rings is 2. The van der Waals surface area contributed by atoms with Crippen molar-refractivity contribution in [3.8, 4) is 11.5 Å². The molecule has 0 saturated carbocycles. The maximum absolute atomic E-state index is 11.8. The Morgan fingerprint density at radius 3 is 2.65 bits per heavy atom. The first-order chi connectivity index (χ1) is 11.1. The van der Waals surface area contributed by atoms with Gasteiger partial charge in [-0.1, -0.05) is 24.3 Å². The van der Waals surface area contributed by atoms with Crippen molar-refractivity contribution in [2.75, 3.05) is 19.0 Å². The number of hydrogen-bond acceptors (Lipinski definition) is 4. The van der Waals surface area contributed by atoms with Crippen LogP contribution in [0.5, 0.6) is 0 Å². The molecule has 1 N–H and O–H groups in total. The minimum atomic E-state index is -0.216. The number of carbonyl (C=O) groups excluding carboxylic acids is 1. The Morgan fingerprint density at radius 2 is 1.91 bits per heavy atom. The Labute approximate surface area is 134 Å². The molecule has 23 heavy (non-hydrogen) atoms. The highest BCUT2D eigenvalue weighted by Gasteiger charge is 2.17. The van der Waals surface area contributed by atoms with Crippen molar-refractivity contribution in [1.29, 1.82) is 0 Å². The molecule has 1 amide bonds. The van der Waals surface area contributed by atoms with E-state index < -0.39 is 0 Å². The van der Waals surface area contributed by atoms with Gasteiger partial charge >= 0.3 is 0 Å². The molecule has 0 radical (unpaired) electrons. The predicted molar refractivity (Wildman–Crippen MR) is 89.4 cm³/mol. The molecule has 1 heterocycles. The largest absolute Gasteiger partial charge is 0.436 e. The second-order valence-corrected chi connectivity index (χ2v) is 5.42. The van der Waals surface area contributed by atoms with Crippen LogP contribution in [0.25, 0.3) is 22.6 Å². The number of nitrogens with one attached hydrogen (secondary N) is 1. The number of nitrogens with zero attached hydrogens (tertiary/aromatic N) is 1. The quantitative estimate of drug-likeness (QED) is 0.798. The van der Waals surface area contributed by atoms with Crippen LogP contribution in [0.15, 0.2) is 40.8 Å². The third kappa shape index (κ3) is 2.96. The minimum absolute atomic E-state index is 0.0000486. The standard InChI is InChI=1S/C18H18N2O3/c1-11-6-4-8-13(19-15(21)10-22-3)16(11)18-20-17-12(2)7-5-9-14(17)23-18/h4-9H,10H2,1-3H3,(H,19,21). The number of ether oxygens (including phenoxy) is 1. The van der Waals surface area contributed by atoms with Crippen LogP contribution in [-0.4, -0.2) is 24.6 Å². The molecule has 118 valence electrons. The van der Waals surface area contributed by atoms with Gasteiger partial charge in [0, 0.05) is 7.11 Å². The summed E-state index contributed by atoms with van der Waals surface area (Å²) in [6.45, 7) is 3.96. The highest BCUT2D eigenvalue weighted by Crippen LogP contribution is 2.33. The monoisotopic (exact) mass is 310 g/mol. The molecule has 0 aliphatic rings. The first-order valence-electron chi connectivity index (χ1n) is 7.35. The molecule has 5 nitrogen and oxygen atoms in total. The maximum atomic E-state index is 11.8. The first-order valence-corrected chi connectivity index (χ1v) is 7.35. The van der Waals surface area contributed by atoms with Gasteiger partial charge in [-0.05, 0) is 37.1 Å². The zero-order chi connectivity index (χ0) is 16.4. The molecule has 0 atom stereocenters. The van der Waals surface area contributed by atoms with Crippen molar-refractivity contribution in [3.63, 3.8) is 0 Å². The first kappa shape index (κ1) is 15.2. The molecular weight excluding hydrogens is 292 g/mol. The number of oxazole rings is 1. The van der Waals surface area contributed by atoms with Gasteiger partial charge in [-0.15, -0.1) is 0 Å². The van der Waals surface area contributed by atoms with E-state index in [1.54, 1.807) is 0 Å². The molecule has 5 heteroatoms. The fraction of sp³-hybridized carbons (Fsp3) is 0.222. The van der Waals surface area contributed by atoms with Crippen LogP contribution in [0.3, 0.4) is 0 Å². The van der Waals surface area contributed by atoms with Crippen molar-refractivity contribution in [3.05, 3.63) is 47.5 Å². The Bertz CT molecular complexity index is 868. The molecule has 0 aliphatic heterocycles. The lowest BCUT2D eigenvalue weighted by Gasteiger charge is -2.10. The fourth-order valence-electron chi connectivity index (χ4n) is 2.57. The van der Waals surface area contributed by atoms with Gasteiger partial charge in [0.1, 0.15) is 12.1 Å². The SMILES string of the molecule is COCC(=O)Nc1cccc(C)c1-c1nc2c(C)cccc2o1. The number of amides is 1. The van der Waals surface area contributed by atoms with Crippen LogP contribution in [0.1, 0.15) is 11.1 Å². The lowest BCUT2D eigenvalue weighted by atomic mass is 10.1. The highest BCUT2D eigenvalue weighted by molar-refractivity contribution is 5.96. The van der Waals surface area contributed by atoms with Gasteiger partial charge in [-0.25, -0.2) is 4.98 Å². The van der Waals surface area contributed by atoms with Crippen molar-refractivity contribution >= 4 is 22.7 Å². The molecule has 0 bridgehead atoms. The van der Waals surface area contributed by atoms with Crippen LogP contribution < -0.4 is 5.32 Å². The lowest BCUT2D eigenvalue weighted by molar-refractivity contribution is -0.119. The van der Waals surface area contributed by atoms with E-state index in [-0.39, 0.29) is 12.5 Å². The van der Waals surface area contributed by atoms with E-state index in [1.807, 2.05) is 50.2 Å². The van der Waals surface area contributed by atoms with E-state index in [2.05, 4.69) is 10.3 Å². The molecule has 3 aromatic rings. The van der Waals surface area contributed by atoms with Crippen molar-refractivity contribution in [2.45, 2.75) is 13.8 Å². The van der Waals surface area contributed by atoms with Gasteiger partial charge in [-0.3, -0.25) is 4.79 Å². The molecule has 3 rings (SSSR count). The van der Waals surface area contributed by atoms with E-state index >= 15 is 0 Å². The fourth-order valence-corrected chi connectivity index (χ4v) is 2.57. The maximum Gasteiger partial charge on any atom is 0.250 e. The van der Waals surface area contributed by atoms with Gasteiger partial charge < -0.3 is 14.5 Å². The second-order valence-electron chi connectivity index (χ2n) is 5.42. The highest BCUT2D eigenvalue weighted by atomic mass is 16.5. The Morgan fingerprint density at radius 1 is 1.17 bits per heavy atom. The Hall–Kier alpha value is -2.66. The zero-order valence-corrected chi connectivity index (χ0v) is 13.3.